The second-order valence-corrected chi connectivity index (χ2v) is 5.76. The van der Waals surface area contributed by atoms with Crippen LogP contribution in [0, 0.1) is 21.3 Å². The molecule has 3 rings (SSSR count). The molecule has 0 aliphatic heterocycles. The van der Waals surface area contributed by atoms with Gasteiger partial charge in [0.15, 0.2) is 11.6 Å². The first-order valence-electron chi connectivity index (χ1n) is 6.89. The van der Waals surface area contributed by atoms with Crippen LogP contribution in [0.1, 0.15) is 32.1 Å². The lowest BCUT2D eigenvalue weighted by Gasteiger charge is -2.52. The largest absolute Gasteiger partial charge is 0.487 e. The lowest BCUT2D eigenvalue weighted by atomic mass is 9.61. The van der Waals surface area contributed by atoms with Crippen LogP contribution in [0.5, 0.6) is 5.75 Å². The highest BCUT2D eigenvalue weighted by Gasteiger charge is 2.56. The highest BCUT2D eigenvalue weighted by Crippen LogP contribution is 2.53. The maximum atomic E-state index is 13.8. The monoisotopic (exact) mass is 280 g/mol. The molecule has 2 saturated carbocycles. The molecule has 1 aromatic carbocycles. The Labute approximate surface area is 116 Å². The molecule has 2 unspecified atom stereocenters. The minimum atomic E-state index is -0.687. The molecule has 20 heavy (non-hydrogen) atoms. The predicted octanol–water partition coefficient (Wildman–Crippen LogP) is 2.77. The molecule has 0 heterocycles. The van der Waals surface area contributed by atoms with E-state index < -0.39 is 10.7 Å². The number of ether oxygens (including phenoxy) is 1. The number of nitro benzene ring substituents is 1. The SMILES string of the molecule is NC1CC(Oc2ccc([N+](=O)[O-])cc2F)C12CCCC2. The number of hydrogen-bond donors (Lipinski definition) is 1. The van der Waals surface area contributed by atoms with Gasteiger partial charge in [0.25, 0.3) is 5.69 Å². The Hall–Kier alpha value is -1.69. The Balaban J connectivity index is 1.77. The van der Waals surface area contributed by atoms with Gasteiger partial charge in [0.05, 0.1) is 11.0 Å². The number of benzene rings is 1. The maximum Gasteiger partial charge on any atom is 0.272 e. The van der Waals surface area contributed by atoms with E-state index in [2.05, 4.69) is 0 Å². The van der Waals surface area contributed by atoms with Gasteiger partial charge in [-0.05, 0) is 18.9 Å². The molecule has 1 spiro atoms. The number of halogens is 1. The van der Waals surface area contributed by atoms with Gasteiger partial charge in [-0.1, -0.05) is 12.8 Å². The van der Waals surface area contributed by atoms with Crippen molar-refractivity contribution in [2.45, 2.75) is 44.2 Å². The molecule has 2 N–H and O–H groups in total. The van der Waals surface area contributed by atoms with E-state index in [1.54, 1.807) is 0 Å². The van der Waals surface area contributed by atoms with Crippen LogP contribution in [-0.4, -0.2) is 17.1 Å². The van der Waals surface area contributed by atoms with Crippen molar-refractivity contribution < 1.29 is 14.1 Å². The highest BCUT2D eigenvalue weighted by molar-refractivity contribution is 5.38. The number of nitrogens with two attached hydrogens (primary N) is 1. The van der Waals surface area contributed by atoms with Crippen molar-refractivity contribution in [3.63, 3.8) is 0 Å². The summed E-state index contributed by atoms with van der Waals surface area (Å²) in [5, 5.41) is 10.6. The Morgan fingerprint density at radius 2 is 2.10 bits per heavy atom. The van der Waals surface area contributed by atoms with E-state index in [0.29, 0.717) is 0 Å². The standard InChI is InChI=1S/C14H17FN2O3/c15-10-7-9(17(18)19)3-4-11(10)20-13-8-12(16)14(13)5-1-2-6-14/h3-4,7,12-13H,1-2,5-6,8,16H2. The van der Waals surface area contributed by atoms with Gasteiger partial charge in [-0.15, -0.1) is 0 Å². The molecule has 2 atom stereocenters. The summed E-state index contributed by atoms with van der Waals surface area (Å²) in [6, 6.07) is 3.61. The molecule has 0 saturated heterocycles. The summed E-state index contributed by atoms with van der Waals surface area (Å²) in [7, 11) is 0. The molecule has 2 aliphatic carbocycles. The number of nitro groups is 1. The van der Waals surface area contributed by atoms with Crippen molar-refractivity contribution in [3.05, 3.63) is 34.1 Å². The van der Waals surface area contributed by atoms with Crippen molar-refractivity contribution in [2.75, 3.05) is 0 Å². The molecule has 6 heteroatoms. The molecule has 0 amide bonds. The first-order valence-corrected chi connectivity index (χ1v) is 6.89. The van der Waals surface area contributed by atoms with Crippen LogP contribution in [0.15, 0.2) is 18.2 Å². The van der Waals surface area contributed by atoms with Gasteiger partial charge in [0.1, 0.15) is 6.10 Å². The summed E-state index contributed by atoms with van der Waals surface area (Å²) in [6.07, 6.45) is 4.96. The summed E-state index contributed by atoms with van der Waals surface area (Å²) in [6.45, 7) is 0. The van der Waals surface area contributed by atoms with Gasteiger partial charge in [-0.25, -0.2) is 4.39 Å². The topological polar surface area (TPSA) is 78.4 Å². The van der Waals surface area contributed by atoms with Crippen LogP contribution in [0.2, 0.25) is 0 Å². The quantitative estimate of drug-likeness (QED) is 0.682. The molecular weight excluding hydrogens is 263 g/mol. The van der Waals surface area contributed by atoms with Crippen LogP contribution >= 0.6 is 0 Å². The van der Waals surface area contributed by atoms with E-state index in [-0.39, 0.29) is 29.0 Å². The number of hydrogen-bond acceptors (Lipinski definition) is 4. The highest BCUT2D eigenvalue weighted by atomic mass is 19.1. The van der Waals surface area contributed by atoms with Gasteiger partial charge in [-0.3, -0.25) is 10.1 Å². The zero-order valence-electron chi connectivity index (χ0n) is 11.0. The molecule has 5 nitrogen and oxygen atoms in total. The molecule has 2 aliphatic rings. The smallest absolute Gasteiger partial charge is 0.272 e. The molecule has 1 aromatic rings. The van der Waals surface area contributed by atoms with E-state index >= 15 is 0 Å². The van der Waals surface area contributed by atoms with Crippen LogP contribution in [0.25, 0.3) is 0 Å². The number of rotatable bonds is 3. The summed E-state index contributed by atoms with van der Waals surface area (Å²) >= 11 is 0. The zero-order chi connectivity index (χ0) is 14.3. The molecule has 2 fully saturated rings. The Morgan fingerprint density at radius 1 is 1.40 bits per heavy atom. The average molecular weight is 280 g/mol. The summed E-state index contributed by atoms with van der Waals surface area (Å²) in [5.74, 6) is -0.605. The Morgan fingerprint density at radius 3 is 2.65 bits per heavy atom. The summed E-state index contributed by atoms with van der Waals surface area (Å²) < 4.78 is 19.6. The fraction of sp³-hybridized carbons (Fsp3) is 0.571. The summed E-state index contributed by atoms with van der Waals surface area (Å²) in [5.41, 5.74) is 5.81. The third kappa shape index (κ3) is 1.95. The second-order valence-electron chi connectivity index (χ2n) is 5.76. The maximum absolute atomic E-state index is 13.8. The van der Waals surface area contributed by atoms with E-state index in [0.717, 1.165) is 38.2 Å². The molecule has 0 aromatic heterocycles. The van der Waals surface area contributed by atoms with E-state index in [4.69, 9.17) is 10.5 Å². The normalized spacial score (nSPS) is 27.3. The zero-order valence-corrected chi connectivity index (χ0v) is 11.0. The third-order valence-corrected chi connectivity index (χ3v) is 4.78. The van der Waals surface area contributed by atoms with E-state index in [1.165, 1.54) is 12.1 Å². The number of non-ortho nitro benzene ring substituents is 1. The van der Waals surface area contributed by atoms with Gasteiger partial charge in [0.2, 0.25) is 0 Å². The van der Waals surface area contributed by atoms with Crippen molar-refractivity contribution >= 4 is 5.69 Å². The molecule has 0 bridgehead atoms. The second kappa shape index (κ2) is 4.70. The minimum absolute atomic E-state index is 0.0196. The van der Waals surface area contributed by atoms with Crippen LogP contribution in [0.3, 0.4) is 0 Å². The lowest BCUT2D eigenvalue weighted by Crippen LogP contribution is -2.62. The predicted molar refractivity (Wildman–Crippen MR) is 71.0 cm³/mol. The third-order valence-electron chi connectivity index (χ3n) is 4.78. The van der Waals surface area contributed by atoms with Crippen molar-refractivity contribution in [1.82, 2.24) is 0 Å². The first-order chi connectivity index (χ1) is 9.53. The van der Waals surface area contributed by atoms with Gasteiger partial charge >= 0.3 is 0 Å². The minimum Gasteiger partial charge on any atom is -0.487 e. The average Bonchev–Trinajstić information content (AvgIpc) is 2.92. The fourth-order valence-corrected chi connectivity index (χ4v) is 3.52. The van der Waals surface area contributed by atoms with Crippen molar-refractivity contribution in [3.8, 4) is 5.75 Å². The van der Waals surface area contributed by atoms with Gasteiger partial charge < -0.3 is 10.5 Å². The van der Waals surface area contributed by atoms with Gasteiger partial charge in [0, 0.05) is 23.9 Å². The van der Waals surface area contributed by atoms with Crippen LogP contribution < -0.4 is 10.5 Å². The van der Waals surface area contributed by atoms with Crippen molar-refractivity contribution in [2.24, 2.45) is 11.1 Å². The Bertz CT molecular complexity index is 543. The van der Waals surface area contributed by atoms with Crippen LogP contribution in [0.4, 0.5) is 10.1 Å². The van der Waals surface area contributed by atoms with E-state index in [1.807, 2.05) is 0 Å². The van der Waals surface area contributed by atoms with Crippen molar-refractivity contribution in [1.29, 1.82) is 0 Å². The van der Waals surface area contributed by atoms with Gasteiger partial charge in [-0.2, -0.15) is 0 Å². The van der Waals surface area contributed by atoms with Crippen LogP contribution in [-0.2, 0) is 0 Å². The lowest BCUT2D eigenvalue weighted by molar-refractivity contribution is -0.385. The molecular formula is C14H17FN2O3. The summed E-state index contributed by atoms with van der Waals surface area (Å²) in [4.78, 5) is 9.96. The Kier molecular flexibility index (Phi) is 3.12. The molecule has 0 radical (unpaired) electrons. The molecule has 108 valence electrons. The fourth-order valence-electron chi connectivity index (χ4n) is 3.52. The first kappa shape index (κ1) is 13.3. The number of nitrogens with zero attached hydrogens (tertiary/aromatic N) is 1. The van der Waals surface area contributed by atoms with E-state index in [9.17, 15) is 14.5 Å².